The van der Waals surface area contributed by atoms with E-state index in [2.05, 4.69) is 10.6 Å². The molecule has 0 saturated carbocycles. The summed E-state index contributed by atoms with van der Waals surface area (Å²) in [6.45, 7) is 6.31. The average Bonchev–Trinajstić information content (AvgIpc) is 2.62. The molecule has 0 aliphatic heterocycles. The van der Waals surface area contributed by atoms with E-state index >= 15 is 0 Å². The van der Waals surface area contributed by atoms with Crippen molar-refractivity contribution in [3.05, 3.63) is 54.1 Å². The van der Waals surface area contributed by atoms with Crippen LogP contribution in [0.4, 0.5) is 16.2 Å². The molecule has 7 heteroatoms. The standard InChI is InChI=1S/C21H26N2O5/c1-21(2,3)28-20(25)23-17-7-5-6-15(14-17)19(24)22-16-8-10-18(11-9-16)27-13-12-26-4/h5-11,14H,12-13H2,1-4H3,(H,22,24)(H,23,25). The maximum absolute atomic E-state index is 12.5. The highest BCUT2D eigenvalue weighted by Crippen LogP contribution is 2.18. The summed E-state index contributed by atoms with van der Waals surface area (Å²) in [5.41, 5.74) is 0.922. The second kappa shape index (κ2) is 9.75. The molecule has 0 radical (unpaired) electrons. The summed E-state index contributed by atoms with van der Waals surface area (Å²) in [6.07, 6.45) is -0.575. The van der Waals surface area contributed by atoms with E-state index in [1.54, 1.807) is 76.4 Å². The van der Waals surface area contributed by atoms with Gasteiger partial charge in [-0.05, 0) is 63.2 Å². The third-order valence-electron chi connectivity index (χ3n) is 3.44. The molecule has 0 saturated heterocycles. The second-order valence-electron chi connectivity index (χ2n) is 7.03. The Labute approximate surface area is 165 Å². The van der Waals surface area contributed by atoms with Crippen LogP contribution < -0.4 is 15.4 Å². The van der Waals surface area contributed by atoms with Crippen LogP contribution in [0.1, 0.15) is 31.1 Å². The Morgan fingerprint density at radius 3 is 2.29 bits per heavy atom. The number of ether oxygens (including phenoxy) is 3. The first-order chi connectivity index (χ1) is 13.3. The number of methoxy groups -OCH3 is 1. The van der Waals surface area contributed by atoms with Crippen molar-refractivity contribution in [2.24, 2.45) is 0 Å². The van der Waals surface area contributed by atoms with E-state index in [0.29, 0.717) is 35.9 Å². The fraction of sp³-hybridized carbons (Fsp3) is 0.333. The molecule has 0 spiro atoms. The highest BCUT2D eigenvalue weighted by Gasteiger charge is 2.16. The Bertz CT molecular complexity index is 797. The van der Waals surface area contributed by atoms with Crippen molar-refractivity contribution in [2.75, 3.05) is 31.0 Å². The lowest BCUT2D eigenvalue weighted by Crippen LogP contribution is -2.27. The van der Waals surface area contributed by atoms with Crippen LogP contribution in [0, 0.1) is 0 Å². The second-order valence-corrected chi connectivity index (χ2v) is 7.03. The predicted octanol–water partition coefficient (Wildman–Crippen LogP) is 4.31. The van der Waals surface area contributed by atoms with E-state index in [0.717, 1.165) is 0 Å². The molecule has 0 aliphatic rings. The molecule has 0 bridgehead atoms. The smallest absolute Gasteiger partial charge is 0.412 e. The largest absolute Gasteiger partial charge is 0.491 e. The number of amides is 2. The van der Waals surface area contributed by atoms with Crippen LogP contribution in [0.3, 0.4) is 0 Å². The van der Waals surface area contributed by atoms with Crippen molar-refractivity contribution in [1.29, 1.82) is 0 Å². The lowest BCUT2D eigenvalue weighted by molar-refractivity contribution is 0.0635. The molecular weight excluding hydrogens is 360 g/mol. The minimum atomic E-state index is -0.599. The average molecular weight is 386 g/mol. The monoisotopic (exact) mass is 386 g/mol. The van der Waals surface area contributed by atoms with Gasteiger partial charge in [-0.2, -0.15) is 0 Å². The zero-order chi connectivity index (χ0) is 20.6. The molecule has 2 N–H and O–H groups in total. The Kier molecular flexibility index (Phi) is 7.40. The first-order valence-electron chi connectivity index (χ1n) is 8.90. The molecule has 0 unspecified atom stereocenters. The summed E-state index contributed by atoms with van der Waals surface area (Å²) in [4.78, 5) is 24.3. The van der Waals surface area contributed by atoms with Crippen molar-refractivity contribution < 1.29 is 23.8 Å². The Morgan fingerprint density at radius 1 is 0.929 bits per heavy atom. The number of rotatable bonds is 7. The molecule has 2 rings (SSSR count). The summed E-state index contributed by atoms with van der Waals surface area (Å²) < 4.78 is 15.6. The number of anilines is 2. The van der Waals surface area contributed by atoms with Gasteiger partial charge in [-0.25, -0.2) is 4.79 Å². The summed E-state index contributed by atoms with van der Waals surface area (Å²) in [5, 5.41) is 5.43. The Morgan fingerprint density at radius 2 is 1.64 bits per heavy atom. The Hall–Kier alpha value is -3.06. The molecule has 150 valence electrons. The molecule has 2 amide bonds. The van der Waals surface area contributed by atoms with E-state index in [1.165, 1.54) is 0 Å². The molecule has 7 nitrogen and oxygen atoms in total. The van der Waals surface area contributed by atoms with Crippen molar-refractivity contribution >= 4 is 23.4 Å². The van der Waals surface area contributed by atoms with Crippen molar-refractivity contribution in [3.8, 4) is 5.75 Å². The number of benzene rings is 2. The van der Waals surface area contributed by atoms with Crippen LogP contribution in [0.25, 0.3) is 0 Å². The lowest BCUT2D eigenvalue weighted by Gasteiger charge is -2.19. The molecule has 2 aromatic carbocycles. The quantitative estimate of drug-likeness (QED) is 0.693. The third-order valence-corrected chi connectivity index (χ3v) is 3.44. The van der Waals surface area contributed by atoms with Crippen molar-refractivity contribution in [1.82, 2.24) is 0 Å². The van der Waals surface area contributed by atoms with Gasteiger partial charge >= 0.3 is 6.09 Å². The van der Waals surface area contributed by atoms with E-state index in [4.69, 9.17) is 14.2 Å². The lowest BCUT2D eigenvalue weighted by atomic mass is 10.2. The van der Waals surface area contributed by atoms with Gasteiger partial charge in [0.15, 0.2) is 0 Å². The SMILES string of the molecule is COCCOc1ccc(NC(=O)c2cccc(NC(=O)OC(C)(C)C)c2)cc1. The highest BCUT2D eigenvalue weighted by atomic mass is 16.6. The van der Waals surface area contributed by atoms with Gasteiger partial charge < -0.3 is 19.5 Å². The first kappa shape index (κ1) is 21.2. The van der Waals surface area contributed by atoms with Crippen LogP contribution in [0.5, 0.6) is 5.75 Å². The summed E-state index contributed by atoms with van der Waals surface area (Å²) in [7, 11) is 1.61. The van der Waals surface area contributed by atoms with Gasteiger partial charge in [-0.15, -0.1) is 0 Å². The van der Waals surface area contributed by atoms with E-state index in [1.807, 2.05) is 0 Å². The predicted molar refractivity (Wildman–Crippen MR) is 108 cm³/mol. The van der Waals surface area contributed by atoms with Crippen molar-refractivity contribution in [3.63, 3.8) is 0 Å². The highest BCUT2D eigenvalue weighted by molar-refractivity contribution is 6.05. The van der Waals surface area contributed by atoms with Gasteiger partial charge in [0.05, 0.1) is 6.61 Å². The summed E-state index contributed by atoms with van der Waals surface area (Å²) >= 11 is 0. The van der Waals surface area contributed by atoms with E-state index in [-0.39, 0.29) is 5.91 Å². The van der Waals surface area contributed by atoms with Crippen molar-refractivity contribution in [2.45, 2.75) is 26.4 Å². The normalized spacial score (nSPS) is 10.9. The molecule has 0 atom stereocenters. The summed E-state index contributed by atoms with van der Waals surface area (Å²) in [6, 6.07) is 13.7. The molecule has 0 aliphatic carbocycles. The van der Waals surface area contributed by atoms with E-state index < -0.39 is 11.7 Å². The Balaban J connectivity index is 1.96. The van der Waals surface area contributed by atoms with Crippen LogP contribution in [0.15, 0.2) is 48.5 Å². The van der Waals surface area contributed by atoms with Crippen LogP contribution in [-0.4, -0.2) is 37.9 Å². The van der Waals surface area contributed by atoms with E-state index in [9.17, 15) is 9.59 Å². The summed E-state index contributed by atoms with van der Waals surface area (Å²) in [5.74, 6) is 0.402. The van der Waals surface area contributed by atoms with Crippen LogP contribution >= 0.6 is 0 Å². The fourth-order valence-electron chi connectivity index (χ4n) is 2.24. The maximum atomic E-state index is 12.5. The molecule has 0 aromatic heterocycles. The molecule has 0 heterocycles. The fourth-order valence-corrected chi connectivity index (χ4v) is 2.24. The third kappa shape index (κ3) is 7.28. The van der Waals surface area contributed by atoms with Gasteiger partial charge in [0.1, 0.15) is 18.0 Å². The van der Waals surface area contributed by atoms with Gasteiger partial charge in [0, 0.05) is 24.0 Å². The maximum Gasteiger partial charge on any atom is 0.412 e. The van der Waals surface area contributed by atoms with Crippen LogP contribution in [-0.2, 0) is 9.47 Å². The van der Waals surface area contributed by atoms with Gasteiger partial charge in [0.2, 0.25) is 0 Å². The minimum absolute atomic E-state index is 0.291. The molecule has 0 fully saturated rings. The minimum Gasteiger partial charge on any atom is -0.491 e. The number of carbonyl (C=O) groups excluding carboxylic acids is 2. The van der Waals surface area contributed by atoms with Gasteiger partial charge in [0.25, 0.3) is 5.91 Å². The zero-order valence-electron chi connectivity index (χ0n) is 16.6. The number of hydrogen-bond donors (Lipinski definition) is 2. The molecular formula is C21H26N2O5. The number of carbonyl (C=O) groups is 2. The molecule has 2 aromatic rings. The number of hydrogen-bond acceptors (Lipinski definition) is 5. The number of nitrogens with one attached hydrogen (secondary N) is 2. The van der Waals surface area contributed by atoms with Gasteiger partial charge in [-0.1, -0.05) is 6.07 Å². The van der Waals surface area contributed by atoms with Gasteiger partial charge in [-0.3, -0.25) is 10.1 Å². The van der Waals surface area contributed by atoms with Crippen LogP contribution in [0.2, 0.25) is 0 Å². The topological polar surface area (TPSA) is 85.9 Å². The first-order valence-corrected chi connectivity index (χ1v) is 8.90. The molecule has 28 heavy (non-hydrogen) atoms. The zero-order valence-corrected chi connectivity index (χ0v) is 16.6.